The maximum atomic E-state index is 2.33. The zero-order valence-electron chi connectivity index (χ0n) is 13.7. The van der Waals surface area contributed by atoms with Crippen LogP contribution in [0.4, 0.5) is 4.70 Å². The Balaban J connectivity index is -0.00000128. The van der Waals surface area contributed by atoms with Crippen molar-refractivity contribution in [3.8, 4) is 0 Å². The first-order chi connectivity index (χ1) is 8.24. The van der Waals surface area contributed by atoms with Crippen molar-refractivity contribution in [3.63, 3.8) is 0 Å². The molecule has 0 amide bonds. The monoisotopic (exact) mass is 342 g/mol. The summed E-state index contributed by atoms with van der Waals surface area (Å²) in [6.45, 7) is 15.0. The van der Waals surface area contributed by atoms with Crippen molar-refractivity contribution in [2.24, 2.45) is 0 Å². The summed E-state index contributed by atoms with van der Waals surface area (Å²) in [7, 11) is 0. The number of hydrogen-bond acceptors (Lipinski definition) is 0. The number of hydrogen-bond donors (Lipinski definition) is 0. The maximum Gasteiger partial charge on any atom is 0.0786 e. The van der Waals surface area contributed by atoms with Gasteiger partial charge in [-0.3, -0.25) is 4.70 Å². The van der Waals surface area contributed by atoms with Gasteiger partial charge in [-0.1, -0.05) is 53.4 Å². The Morgan fingerprint density at radius 1 is 0.526 bits per heavy atom. The molecular weight excluding hydrogens is 305 g/mol. The van der Waals surface area contributed by atoms with Gasteiger partial charge in [-0.25, -0.2) is 0 Å². The van der Waals surface area contributed by atoms with Crippen molar-refractivity contribution >= 4 is 17.0 Å². The number of rotatable bonds is 12. The molecule has 0 fully saturated rings. The molecule has 0 bridgehead atoms. The summed E-state index contributed by atoms with van der Waals surface area (Å²) in [6.07, 6.45) is 11.1. The lowest BCUT2D eigenvalue weighted by Gasteiger charge is -2.39. The van der Waals surface area contributed by atoms with Gasteiger partial charge in [-0.2, -0.15) is 0 Å². The van der Waals surface area contributed by atoms with Crippen LogP contribution in [-0.2, 0) is 0 Å². The van der Waals surface area contributed by atoms with E-state index >= 15 is 0 Å². The topological polar surface area (TPSA) is 0 Å². The minimum atomic E-state index is 0. The van der Waals surface area contributed by atoms with E-state index in [1.54, 1.807) is 0 Å². The first-order valence-corrected chi connectivity index (χ1v) is 8.09. The number of unbranched alkanes of at least 4 members (excludes halogenated alkanes) is 4. The molecule has 0 aliphatic rings. The van der Waals surface area contributed by atoms with E-state index in [2.05, 4.69) is 27.7 Å². The molecule has 19 heavy (non-hydrogen) atoms. The van der Waals surface area contributed by atoms with Crippen LogP contribution in [0.5, 0.6) is 0 Å². The molecule has 0 atom stereocenters. The Bertz CT molecular complexity index is 127. The van der Waals surface area contributed by atoms with Gasteiger partial charge in [0.25, 0.3) is 0 Å². The van der Waals surface area contributed by atoms with Crippen LogP contribution in [0, 0.1) is 0 Å². The van der Waals surface area contributed by atoms with Crippen molar-refractivity contribution in [1.29, 1.82) is 0 Å². The molecule has 3 heteroatoms. The molecule has 0 radical (unpaired) electrons. The van der Waals surface area contributed by atoms with E-state index in [1.807, 2.05) is 0 Å². The molecular formula is C16H38BrFN+. The van der Waals surface area contributed by atoms with Gasteiger partial charge in [0.2, 0.25) is 0 Å². The average Bonchev–Trinajstić information content (AvgIpc) is 2.37. The first-order valence-electron chi connectivity index (χ1n) is 8.09. The van der Waals surface area contributed by atoms with E-state index < -0.39 is 0 Å². The van der Waals surface area contributed by atoms with Gasteiger partial charge < -0.3 is 4.48 Å². The minimum absolute atomic E-state index is 0. The summed E-state index contributed by atoms with van der Waals surface area (Å²) in [5.41, 5.74) is 0. The van der Waals surface area contributed by atoms with Crippen LogP contribution in [0.15, 0.2) is 0 Å². The predicted octanol–water partition coefficient (Wildman–Crippen LogP) is 5.73. The first kappa shape index (κ1) is 24.4. The third-order valence-corrected chi connectivity index (χ3v) is 3.94. The lowest BCUT2D eigenvalue weighted by atomic mass is 10.1. The second kappa shape index (κ2) is 16.4. The highest BCUT2D eigenvalue weighted by molar-refractivity contribution is 8.93. The minimum Gasteiger partial charge on any atom is -0.324 e. The molecule has 120 valence electrons. The lowest BCUT2D eigenvalue weighted by Crippen LogP contribution is -2.50. The predicted molar refractivity (Wildman–Crippen MR) is 92.2 cm³/mol. The zero-order chi connectivity index (χ0) is 13.0. The average molecular weight is 343 g/mol. The second-order valence-electron chi connectivity index (χ2n) is 5.65. The fraction of sp³-hybridized carbons (Fsp3) is 1.00. The van der Waals surface area contributed by atoms with Crippen LogP contribution in [0.2, 0.25) is 0 Å². The Morgan fingerprint density at radius 2 is 0.737 bits per heavy atom. The SMILES string of the molecule is Br.CCCC[N+](CCCC)(CCCC)CCCC.F. The Kier molecular flexibility index (Phi) is 21.1. The van der Waals surface area contributed by atoms with Crippen molar-refractivity contribution in [2.75, 3.05) is 26.2 Å². The van der Waals surface area contributed by atoms with Gasteiger partial charge in [0.15, 0.2) is 0 Å². The van der Waals surface area contributed by atoms with Gasteiger partial charge >= 0.3 is 0 Å². The summed E-state index contributed by atoms with van der Waals surface area (Å²) in [5.74, 6) is 0. The molecule has 0 heterocycles. The second-order valence-corrected chi connectivity index (χ2v) is 5.65. The highest BCUT2D eigenvalue weighted by atomic mass is 79.9. The van der Waals surface area contributed by atoms with Crippen LogP contribution in [0.3, 0.4) is 0 Å². The fourth-order valence-corrected chi connectivity index (χ4v) is 2.64. The Morgan fingerprint density at radius 3 is 0.895 bits per heavy atom. The molecule has 0 aliphatic heterocycles. The third kappa shape index (κ3) is 11.9. The Hall–Kier alpha value is 0.370. The van der Waals surface area contributed by atoms with Gasteiger partial charge in [0.1, 0.15) is 0 Å². The van der Waals surface area contributed by atoms with E-state index in [-0.39, 0.29) is 21.7 Å². The van der Waals surface area contributed by atoms with Gasteiger partial charge in [-0.15, -0.1) is 17.0 Å². The van der Waals surface area contributed by atoms with Crippen LogP contribution in [0.1, 0.15) is 79.1 Å². The zero-order valence-corrected chi connectivity index (χ0v) is 15.5. The molecule has 0 saturated carbocycles. The molecule has 0 aromatic rings. The molecule has 0 aromatic heterocycles. The number of quaternary nitrogens is 1. The summed E-state index contributed by atoms with van der Waals surface area (Å²) >= 11 is 0. The van der Waals surface area contributed by atoms with E-state index in [9.17, 15) is 0 Å². The molecule has 0 spiro atoms. The fourth-order valence-electron chi connectivity index (χ4n) is 2.64. The summed E-state index contributed by atoms with van der Waals surface area (Å²) < 4.78 is 1.42. The largest absolute Gasteiger partial charge is 0.324 e. The Labute approximate surface area is 131 Å². The third-order valence-electron chi connectivity index (χ3n) is 3.94. The smallest absolute Gasteiger partial charge is 0.0786 e. The van der Waals surface area contributed by atoms with Crippen LogP contribution < -0.4 is 0 Å². The standard InChI is InChI=1S/C16H36N.BrH.FH/c1-5-9-13-17(14-10-6-2,15-11-7-3)16-12-8-4;;/h5-16H2,1-4H3;2*1H/q+1;;. The summed E-state index contributed by atoms with van der Waals surface area (Å²) in [4.78, 5) is 0. The summed E-state index contributed by atoms with van der Waals surface area (Å²) in [6, 6.07) is 0. The molecule has 0 unspecified atom stereocenters. The molecule has 0 rings (SSSR count). The van der Waals surface area contributed by atoms with Crippen molar-refractivity contribution in [2.45, 2.75) is 79.1 Å². The molecule has 0 N–H and O–H groups in total. The van der Waals surface area contributed by atoms with E-state index in [1.165, 1.54) is 82.0 Å². The van der Waals surface area contributed by atoms with Crippen molar-refractivity contribution in [1.82, 2.24) is 0 Å². The van der Waals surface area contributed by atoms with Crippen LogP contribution in [0.25, 0.3) is 0 Å². The van der Waals surface area contributed by atoms with E-state index in [0.29, 0.717) is 0 Å². The van der Waals surface area contributed by atoms with Gasteiger partial charge in [-0.05, 0) is 25.7 Å². The molecule has 0 aromatic carbocycles. The maximum absolute atomic E-state index is 2.33. The number of nitrogens with zero attached hydrogens (tertiary/aromatic N) is 1. The van der Waals surface area contributed by atoms with E-state index in [4.69, 9.17) is 0 Å². The van der Waals surface area contributed by atoms with Gasteiger partial charge in [0, 0.05) is 0 Å². The van der Waals surface area contributed by atoms with Crippen LogP contribution in [-0.4, -0.2) is 30.7 Å². The lowest BCUT2D eigenvalue weighted by molar-refractivity contribution is -0.929. The van der Waals surface area contributed by atoms with Crippen LogP contribution >= 0.6 is 17.0 Å². The van der Waals surface area contributed by atoms with Gasteiger partial charge in [0.05, 0.1) is 26.2 Å². The highest BCUT2D eigenvalue weighted by Crippen LogP contribution is 2.16. The van der Waals surface area contributed by atoms with E-state index in [0.717, 1.165) is 0 Å². The van der Waals surface area contributed by atoms with Crippen molar-refractivity contribution < 1.29 is 9.19 Å². The highest BCUT2D eigenvalue weighted by Gasteiger charge is 2.24. The molecule has 0 saturated heterocycles. The normalized spacial score (nSPS) is 10.7. The molecule has 1 nitrogen and oxygen atoms in total. The molecule has 0 aliphatic carbocycles. The number of halogens is 2. The van der Waals surface area contributed by atoms with Crippen molar-refractivity contribution in [3.05, 3.63) is 0 Å². The quantitative estimate of drug-likeness (QED) is 0.397. The summed E-state index contributed by atoms with van der Waals surface area (Å²) in [5, 5.41) is 0.